The number of aromatic nitrogens is 4. The third-order valence-electron chi connectivity index (χ3n) is 5.47. The zero-order valence-corrected chi connectivity index (χ0v) is 19.6. The van der Waals surface area contributed by atoms with Crippen LogP contribution in [-0.2, 0) is 16.1 Å². The van der Waals surface area contributed by atoms with Crippen LogP contribution in [0.4, 0.5) is 0 Å². The Morgan fingerprint density at radius 2 is 1.91 bits per heavy atom. The van der Waals surface area contributed by atoms with E-state index in [1.807, 2.05) is 30.3 Å². The van der Waals surface area contributed by atoms with Crippen LogP contribution < -0.4 is 4.74 Å². The van der Waals surface area contributed by atoms with Gasteiger partial charge >= 0.3 is 0 Å². The van der Waals surface area contributed by atoms with Crippen molar-refractivity contribution in [2.75, 3.05) is 13.2 Å². The van der Waals surface area contributed by atoms with E-state index >= 15 is 0 Å². The van der Waals surface area contributed by atoms with E-state index in [2.05, 4.69) is 34.6 Å². The second kappa shape index (κ2) is 9.63. The molecule has 1 aromatic carbocycles. The summed E-state index contributed by atoms with van der Waals surface area (Å²) in [4.78, 5) is 13.1. The third-order valence-corrected chi connectivity index (χ3v) is 7.17. The number of rotatable bonds is 9. The smallest absolute Gasteiger partial charge is 0.245 e. The topological polar surface area (TPSA) is 112 Å². The standard InChI is InChI=1S/C22H30N4O5Si/c1-32(2,3)10-9-29-21-17-20(23-13-24-21)26(14-25-17)22-19(18(28)16(11-27)31-22)30-12-15-7-5-4-6-8-15/h4-8,13-14,16,18-19,22,27-28H,9-12H2,1-3H3/t16-,18-,19+,22-/m1/s1. The van der Waals surface area contributed by atoms with Gasteiger partial charge in [-0.2, -0.15) is 4.98 Å². The number of hydrogen-bond acceptors (Lipinski definition) is 8. The molecule has 0 unspecified atom stereocenters. The molecule has 0 saturated carbocycles. The van der Waals surface area contributed by atoms with Crippen molar-refractivity contribution >= 4 is 19.2 Å². The van der Waals surface area contributed by atoms with Crippen LogP contribution in [0.25, 0.3) is 11.2 Å². The molecule has 3 heterocycles. The molecule has 1 fully saturated rings. The van der Waals surface area contributed by atoms with Crippen molar-refractivity contribution in [3.8, 4) is 5.88 Å². The minimum atomic E-state index is -1.24. The van der Waals surface area contributed by atoms with E-state index in [9.17, 15) is 10.2 Å². The molecule has 0 spiro atoms. The van der Waals surface area contributed by atoms with E-state index in [1.165, 1.54) is 6.33 Å². The zero-order valence-electron chi connectivity index (χ0n) is 18.6. The van der Waals surface area contributed by atoms with Crippen molar-refractivity contribution in [2.24, 2.45) is 0 Å². The zero-order chi connectivity index (χ0) is 22.7. The van der Waals surface area contributed by atoms with Crippen LogP contribution in [0.1, 0.15) is 11.8 Å². The van der Waals surface area contributed by atoms with E-state index in [0.29, 0.717) is 30.3 Å². The van der Waals surface area contributed by atoms with E-state index in [1.54, 1.807) is 10.9 Å². The van der Waals surface area contributed by atoms with Crippen LogP contribution in [0.3, 0.4) is 0 Å². The summed E-state index contributed by atoms with van der Waals surface area (Å²) in [6.45, 7) is 7.41. The molecule has 3 aromatic rings. The molecule has 1 aliphatic rings. The summed E-state index contributed by atoms with van der Waals surface area (Å²) in [5.41, 5.74) is 2.02. The molecule has 172 valence electrons. The molecule has 4 atom stereocenters. The summed E-state index contributed by atoms with van der Waals surface area (Å²) >= 11 is 0. The van der Waals surface area contributed by atoms with Crippen molar-refractivity contribution < 1.29 is 24.4 Å². The van der Waals surface area contributed by atoms with Gasteiger partial charge in [-0.05, 0) is 11.6 Å². The predicted molar refractivity (Wildman–Crippen MR) is 121 cm³/mol. The fraction of sp³-hybridized carbons (Fsp3) is 0.500. The molecule has 2 aromatic heterocycles. The summed E-state index contributed by atoms with van der Waals surface area (Å²) in [6, 6.07) is 10.7. The number of imidazole rings is 1. The first-order chi connectivity index (χ1) is 15.4. The molecule has 0 aliphatic carbocycles. The maximum atomic E-state index is 10.7. The van der Waals surface area contributed by atoms with Crippen LogP contribution >= 0.6 is 0 Å². The van der Waals surface area contributed by atoms with Gasteiger partial charge in [0.1, 0.15) is 24.6 Å². The quantitative estimate of drug-likeness (QED) is 0.470. The SMILES string of the molecule is C[Si](C)(C)CCOc1ncnc2c1ncn2[C@@H]1O[C@H](CO)[C@@H](O)[C@@H]1OCc1ccccc1. The highest BCUT2D eigenvalue weighted by Crippen LogP contribution is 2.35. The highest BCUT2D eigenvalue weighted by molar-refractivity contribution is 6.76. The minimum Gasteiger partial charge on any atom is -0.476 e. The molecule has 10 heteroatoms. The van der Waals surface area contributed by atoms with Crippen LogP contribution in [0.15, 0.2) is 43.0 Å². The largest absolute Gasteiger partial charge is 0.476 e. The summed E-state index contributed by atoms with van der Waals surface area (Å²) in [5, 5.41) is 20.4. The minimum absolute atomic E-state index is 0.299. The lowest BCUT2D eigenvalue weighted by Crippen LogP contribution is -2.35. The van der Waals surface area contributed by atoms with Gasteiger partial charge in [-0.3, -0.25) is 4.57 Å². The van der Waals surface area contributed by atoms with E-state index < -0.39 is 32.6 Å². The molecular weight excluding hydrogens is 428 g/mol. The van der Waals surface area contributed by atoms with Crippen molar-refractivity contribution in [2.45, 2.75) is 56.8 Å². The average molecular weight is 459 g/mol. The maximum Gasteiger partial charge on any atom is 0.245 e. The molecule has 1 aliphatic heterocycles. The van der Waals surface area contributed by atoms with Crippen molar-refractivity contribution in [1.82, 2.24) is 19.5 Å². The summed E-state index contributed by atoms with van der Waals surface area (Å²) < 4.78 is 19.6. The van der Waals surface area contributed by atoms with Gasteiger partial charge in [0.2, 0.25) is 5.88 Å². The van der Waals surface area contributed by atoms with Gasteiger partial charge in [-0.1, -0.05) is 50.0 Å². The summed E-state index contributed by atoms with van der Waals surface area (Å²) in [7, 11) is -1.24. The first kappa shape index (κ1) is 22.8. The molecule has 1 saturated heterocycles. The lowest BCUT2D eigenvalue weighted by atomic mass is 10.1. The monoisotopic (exact) mass is 458 g/mol. The van der Waals surface area contributed by atoms with E-state index in [4.69, 9.17) is 14.2 Å². The van der Waals surface area contributed by atoms with E-state index in [0.717, 1.165) is 11.6 Å². The van der Waals surface area contributed by atoms with Crippen molar-refractivity contribution in [1.29, 1.82) is 0 Å². The second-order valence-electron chi connectivity index (χ2n) is 9.16. The van der Waals surface area contributed by atoms with Gasteiger partial charge < -0.3 is 24.4 Å². The fourth-order valence-corrected chi connectivity index (χ4v) is 4.33. The number of benzene rings is 1. The molecule has 0 bridgehead atoms. The molecule has 2 N–H and O–H groups in total. The first-order valence-electron chi connectivity index (χ1n) is 10.8. The molecule has 0 amide bonds. The van der Waals surface area contributed by atoms with Crippen molar-refractivity contribution in [3.63, 3.8) is 0 Å². The number of aliphatic hydroxyl groups is 2. The highest BCUT2D eigenvalue weighted by atomic mass is 28.3. The van der Waals surface area contributed by atoms with Crippen LogP contribution in [0.2, 0.25) is 25.7 Å². The van der Waals surface area contributed by atoms with Gasteiger partial charge in [0.15, 0.2) is 17.4 Å². The molecule has 0 radical (unpaired) electrons. The molecular formula is C22H30N4O5Si. The molecule has 9 nitrogen and oxygen atoms in total. The lowest BCUT2D eigenvalue weighted by Gasteiger charge is -2.22. The Balaban J connectivity index is 1.57. The van der Waals surface area contributed by atoms with Crippen LogP contribution in [0, 0.1) is 0 Å². The fourth-order valence-electron chi connectivity index (χ4n) is 3.62. The summed E-state index contributed by atoms with van der Waals surface area (Å²) in [5.74, 6) is 0.422. The number of hydrogen-bond donors (Lipinski definition) is 2. The van der Waals surface area contributed by atoms with Crippen molar-refractivity contribution in [3.05, 3.63) is 48.5 Å². The normalized spacial score (nSPS) is 23.7. The number of nitrogens with zero attached hydrogens (tertiary/aromatic N) is 4. The Labute approximate surface area is 188 Å². The average Bonchev–Trinajstić information content (AvgIpc) is 3.33. The number of fused-ring (bicyclic) bond motifs is 1. The van der Waals surface area contributed by atoms with Gasteiger partial charge in [0.05, 0.1) is 26.1 Å². The van der Waals surface area contributed by atoms with E-state index in [-0.39, 0.29) is 6.61 Å². The Morgan fingerprint density at radius 1 is 1.12 bits per heavy atom. The number of ether oxygens (including phenoxy) is 3. The first-order valence-corrected chi connectivity index (χ1v) is 14.5. The predicted octanol–water partition coefficient (Wildman–Crippen LogP) is 2.38. The van der Waals surface area contributed by atoms with Gasteiger partial charge in [-0.15, -0.1) is 0 Å². The maximum absolute atomic E-state index is 10.7. The van der Waals surface area contributed by atoms with Gasteiger partial charge in [-0.25, -0.2) is 9.97 Å². The summed E-state index contributed by atoms with van der Waals surface area (Å²) in [6.07, 6.45) is -0.176. The number of aliphatic hydroxyl groups excluding tert-OH is 2. The van der Waals surface area contributed by atoms with Gasteiger partial charge in [0.25, 0.3) is 0 Å². The Morgan fingerprint density at radius 3 is 2.62 bits per heavy atom. The molecule has 4 rings (SSSR count). The van der Waals surface area contributed by atoms with Crippen LogP contribution in [0.5, 0.6) is 5.88 Å². The highest BCUT2D eigenvalue weighted by Gasteiger charge is 2.46. The Bertz CT molecular complexity index is 1030. The molecule has 32 heavy (non-hydrogen) atoms. The van der Waals surface area contributed by atoms with Crippen LogP contribution in [-0.4, -0.2) is 69.3 Å². The Hall–Kier alpha value is -2.37. The lowest BCUT2D eigenvalue weighted by molar-refractivity contribution is -0.0761. The Kier molecular flexibility index (Phi) is 6.87. The van der Waals surface area contributed by atoms with Gasteiger partial charge in [0, 0.05) is 8.07 Å². The second-order valence-corrected chi connectivity index (χ2v) is 14.8. The third kappa shape index (κ3) is 4.99.